The van der Waals surface area contributed by atoms with E-state index in [9.17, 15) is 4.79 Å². The van der Waals surface area contributed by atoms with Crippen LogP contribution < -0.4 is 10.1 Å². The highest BCUT2D eigenvalue weighted by molar-refractivity contribution is 6.36. The first-order valence-corrected chi connectivity index (χ1v) is 9.34. The summed E-state index contributed by atoms with van der Waals surface area (Å²) < 4.78 is 12.8. The normalized spacial score (nSPS) is 12.8. The molecule has 4 rings (SSSR count). The van der Waals surface area contributed by atoms with Gasteiger partial charge < -0.3 is 19.4 Å². The van der Waals surface area contributed by atoms with E-state index in [2.05, 4.69) is 11.4 Å². The fourth-order valence-electron chi connectivity index (χ4n) is 3.45. The molecule has 140 valence electrons. The molecule has 2 heterocycles. The van der Waals surface area contributed by atoms with Gasteiger partial charge in [0.1, 0.15) is 5.75 Å². The number of rotatable bonds is 6. The Kier molecular flexibility index (Phi) is 5.05. The molecule has 1 aromatic heterocycles. The third kappa shape index (κ3) is 3.53. The van der Waals surface area contributed by atoms with Crippen LogP contribution in [0.4, 0.5) is 0 Å². The van der Waals surface area contributed by atoms with Gasteiger partial charge in [0.2, 0.25) is 0 Å². The standard InChI is InChI=1S/C21H21ClN2O3/c1-26-10-8-24-13-16(20-17(22)3-2-4-18(20)24)21(25)23-12-14-5-6-15-7-9-27-19(15)11-14/h2-6,11,13H,7-10,12H2,1H3,(H,23,25). The minimum Gasteiger partial charge on any atom is -0.493 e. The van der Waals surface area contributed by atoms with Crippen LogP contribution in [0.1, 0.15) is 21.5 Å². The van der Waals surface area contributed by atoms with Crippen molar-refractivity contribution >= 4 is 28.4 Å². The molecule has 0 aliphatic carbocycles. The van der Waals surface area contributed by atoms with E-state index in [1.165, 1.54) is 5.56 Å². The van der Waals surface area contributed by atoms with Crippen LogP contribution in [-0.4, -0.2) is 30.8 Å². The number of halogens is 1. The molecule has 0 saturated heterocycles. The fourth-order valence-corrected chi connectivity index (χ4v) is 3.73. The lowest BCUT2D eigenvalue weighted by molar-refractivity contribution is 0.0952. The van der Waals surface area contributed by atoms with Gasteiger partial charge in [0, 0.05) is 38.2 Å². The topological polar surface area (TPSA) is 52.5 Å². The minimum atomic E-state index is -0.148. The average molecular weight is 385 g/mol. The first-order chi connectivity index (χ1) is 13.2. The lowest BCUT2D eigenvalue weighted by Gasteiger charge is -2.07. The molecule has 1 aliphatic heterocycles. The van der Waals surface area contributed by atoms with Crippen LogP contribution in [0.2, 0.25) is 5.02 Å². The number of nitrogens with one attached hydrogen (secondary N) is 1. The number of nitrogens with zero attached hydrogens (tertiary/aromatic N) is 1. The summed E-state index contributed by atoms with van der Waals surface area (Å²) >= 11 is 6.39. The second-order valence-electron chi connectivity index (χ2n) is 6.59. The summed E-state index contributed by atoms with van der Waals surface area (Å²) in [7, 11) is 1.66. The Hall–Kier alpha value is -2.50. The van der Waals surface area contributed by atoms with Crippen molar-refractivity contribution in [3.63, 3.8) is 0 Å². The summed E-state index contributed by atoms with van der Waals surface area (Å²) in [4.78, 5) is 12.9. The van der Waals surface area contributed by atoms with E-state index >= 15 is 0 Å². The average Bonchev–Trinajstić information content (AvgIpc) is 3.29. The largest absolute Gasteiger partial charge is 0.493 e. The molecule has 1 aliphatic rings. The van der Waals surface area contributed by atoms with Crippen LogP contribution in [-0.2, 0) is 24.2 Å². The van der Waals surface area contributed by atoms with Gasteiger partial charge in [0.15, 0.2) is 0 Å². The molecule has 0 bridgehead atoms. The molecule has 0 saturated carbocycles. The monoisotopic (exact) mass is 384 g/mol. The Balaban J connectivity index is 1.57. The molecular weight excluding hydrogens is 364 g/mol. The molecule has 1 amide bonds. The Morgan fingerprint density at radius 1 is 1.33 bits per heavy atom. The van der Waals surface area contributed by atoms with Gasteiger partial charge in [-0.15, -0.1) is 0 Å². The van der Waals surface area contributed by atoms with Crippen LogP contribution >= 0.6 is 11.6 Å². The van der Waals surface area contributed by atoms with E-state index in [0.29, 0.717) is 30.3 Å². The molecule has 0 fully saturated rings. The van der Waals surface area contributed by atoms with E-state index in [1.54, 1.807) is 13.2 Å². The molecule has 3 aromatic rings. The molecule has 0 unspecified atom stereocenters. The molecule has 0 atom stereocenters. The predicted molar refractivity (Wildman–Crippen MR) is 106 cm³/mol. The summed E-state index contributed by atoms with van der Waals surface area (Å²) in [5.41, 5.74) is 3.73. The number of benzene rings is 2. The van der Waals surface area contributed by atoms with Crippen molar-refractivity contribution in [3.8, 4) is 5.75 Å². The number of amides is 1. The van der Waals surface area contributed by atoms with E-state index < -0.39 is 0 Å². The van der Waals surface area contributed by atoms with Gasteiger partial charge in [0.25, 0.3) is 5.91 Å². The highest BCUT2D eigenvalue weighted by Gasteiger charge is 2.18. The minimum absolute atomic E-state index is 0.148. The number of carbonyl (C=O) groups is 1. The maximum Gasteiger partial charge on any atom is 0.253 e. The molecule has 6 heteroatoms. The number of fused-ring (bicyclic) bond motifs is 2. The fraction of sp³-hybridized carbons (Fsp3) is 0.286. The van der Waals surface area contributed by atoms with E-state index in [-0.39, 0.29) is 5.91 Å². The number of hydrogen-bond donors (Lipinski definition) is 1. The van der Waals surface area contributed by atoms with Crippen molar-refractivity contribution in [1.29, 1.82) is 0 Å². The Morgan fingerprint density at radius 3 is 3.07 bits per heavy atom. The highest BCUT2D eigenvalue weighted by Crippen LogP contribution is 2.29. The quantitative estimate of drug-likeness (QED) is 0.703. The SMILES string of the molecule is COCCn1cc(C(=O)NCc2ccc3c(c2)OCC3)c2c(Cl)cccc21. The first-order valence-electron chi connectivity index (χ1n) is 8.96. The van der Waals surface area contributed by atoms with Crippen LogP contribution in [0, 0.1) is 0 Å². The maximum absolute atomic E-state index is 12.9. The van der Waals surface area contributed by atoms with E-state index in [1.807, 2.05) is 35.0 Å². The van der Waals surface area contributed by atoms with Gasteiger partial charge in [-0.2, -0.15) is 0 Å². The smallest absolute Gasteiger partial charge is 0.253 e. The number of methoxy groups -OCH3 is 1. The highest BCUT2D eigenvalue weighted by atomic mass is 35.5. The lowest BCUT2D eigenvalue weighted by atomic mass is 10.1. The van der Waals surface area contributed by atoms with Gasteiger partial charge in [0.05, 0.1) is 29.3 Å². The second kappa shape index (κ2) is 7.62. The summed E-state index contributed by atoms with van der Waals surface area (Å²) in [6.45, 7) is 2.38. The molecule has 5 nitrogen and oxygen atoms in total. The molecule has 0 radical (unpaired) electrons. The zero-order valence-corrected chi connectivity index (χ0v) is 15.9. The molecule has 27 heavy (non-hydrogen) atoms. The van der Waals surface area contributed by atoms with Crippen LogP contribution in [0.25, 0.3) is 10.9 Å². The third-order valence-corrected chi connectivity index (χ3v) is 5.16. The van der Waals surface area contributed by atoms with Crippen molar-refractivity contribution in [3.05, 3.63) is 64.3 Å². The number of hydrogen-bond acceptors (Lipinski definition) is 3. The van der Waals surface area contributed by atoms with Crippen molar-refractivity contribution in [2.75, 3.05) is 20.3 Å². The van der Waals surface area contributed by atoms with E-state index in [0.717, 1.165) is 35.2 Å². The van der Waals surface area contributed by atoms with Crippen LogP contribution in [0.3, 0.4) is 0 Å². The molecule has 0 spiro atoms. The van der Waals surface area contributed by atoms with Gasteiger partial charge in [-0.1, -0.05) is 29.8 Å². The number of aromatic nitrogens is 1. The van der Waals surface area contributed by atoms with Crippen molar-refractivity contribution in [2.45, 2.75) is 19.5 Å². The maximum atomic E-state index is 12.9. The lowest BCUT2D eigenvalue weighted by Crippen LogP contribution is -2.22. The molecule has 2 aromatic carbocycles. The van der Waals surface area contributed by atoms with Gasteiger partial charge in [-0.05, 0) is 29.3 Å². The van der Waals surface area contributed by atoms with Crippen molar-refractivity contribution < 1.29 is 14.3 Å². The molecule has 1 N–H and O–H groups in total. The van der Waals surface area contributed by atoms with Crippen LogP contribution in [0.5, 0.6) is 5.75 Å². The number of carbonyl (C=O) groups excluding carboxylic acids is 1. The van der Waals surface area contributed by atoms with Crippen LogP contribution in [0.15, 0.2) is 42.6 Å². The van der Waals surface area contributed by atoms with Gasteiger partial charge in [-0.25, -0.2) is 0 Å². The first kappa shape index (κ1) is 17.9. The Bertz CT molecular complexity index is 997. The zero-order valence-electron chi connectivity index (χ0n) is 15.1. The van der Waals surface area contributed by atoms with Crippen molar-refractivity contribution in [2.24, 2.45) is 0 Å². The summed E-state index contributed by atoms with van der Waals surface area (Å²) in [5, 5.41) is 4.34. The van der Waals surface area contributed by atoms with Gasteiger partial charge in [-0.3, -0.25) is 4.79 Å². The summed E-state index contributed by atoms with van der Waals surface area (Å²) in [5.74, 6) is 0.770. The Labute approximate surface area is 162 Å². The molecular formula is C21H21ClN2O3. The van der Waals surface area contributed by atoms with Crippen molar-refractivity contribution in [1.82, 2.24) is 9.88 Å². The third-order valence-electron chi connectivity index (χ3n) is 4.85. The second-order valence-corrected chi connectivity index (χ2v) is 6.99. The van der Waals surface area contributed by atoms with Gasteiger partial charge >= 0.3 is 0 Å². The summed E-state index contributed by atoms with van der Waals surface area (Å²) in [6.07, 6.45) is 2.79. The zero-order chi connectivity index (χ0) is 18.8. The predicted octanol–water partition coefficient (Wildman–Crippen LogP) is 3.81. The Morgan fingerprint density at radius 2 is 2.22 bits per heavy atom. The van der Waals surface area contributed by atoms with E-state index in [4.69, 9.17) is 21.1 Å². The number of ether oxygens (including phenoxy) is 2. The summed E-state index contributed by atoms with van der Waals surface area (Å²) in [6, 6.07) is 11.8.